The lowest BCUT2D eigenvalue weighted by atomic mass is 10.1. The van der Waals surface area contributed by atoms with E-state index in [9.17, 15) is 22.4 Å². The Bertz CT molecular complexity index is 823. The number of nitrogens with zero attached hydrogens (tertiary/aromatic N) is 3. The maximum Gasteiger partial charge on any atom is 0.408 e. The van der Waals surface area contributed by atoms with Gasteiger partial charge in [-0.2, -0.15) is 13.2 Å². The van der Waals surface area contributed by atoms with Gasteiger partial charge in [-0.3, -0.25) is 4.79 Å². The molecule has 2 aromatic rings. The van der Waals surface area contributed by atoms with Crippen LogP contribution in [0.3, 0.4) is 0 Å². The van der Waals surface area contributed by atoms with E-state index in [1.165, 1.54) is 12.1 Å². The molecular formula is C16H16F4N4OS. The summed E-state index contributed by atoms with van der Waals surface area (Å²) >= 11 is 1.09. The molecule has 1 aromatic carbocycles. The first-order chi connectivity index (χ1) is 12.2. The molecule has 0 spiro atoms. The summed E-state index contributed by atoms with van der Waals surface area (Å²) in [6.45, 7) is 1.74. The van der Waals surface area contributed by atoms with Crippen LogP contribution in [0.2, 0.25) is 0 Å². The highest BCUT2D eigenvalue weighted by molar-refractivity contribution is 7.14. The SMILES string of the molecule is CC(C(N)=O)c1nnc(-c2ccc(N3CCCC3C(F)(F)F)c(F)c2)s1. The van der Waals surface area contributed by atoms with E-state index in [0.717, 1.165) is 22.3 Å². The molecule has 1 saturated heterocycles. The van der Waals surface area contributed by atoms with Crippen LogP contribution in [0.4, 0.5) is 23.2 Å². The van der Waals surface area contributed by atoms with E-state index in [1.807, 2.05) is 0 Å². The topological polar surface area (TPSA) is 72.1 Å². The van der Waals surface area contributed by atoms with Crippen molar-refractivity contribution >= 4 is 22.9 Å². The molecule has 0 aliphatic carbocycles. The summed E-state index contributed by atoms with van der Waals surface area (Å²) in [5.41, 5.74) is 5.52. The predicted molar refractivity (Wildman–Crippen MR) is 89.3 cm³/mol. The highest BCUT2D eigenvalue weighted by Crippen LogP contribution is 2.38. The maximum absolute atomic E-state index is 14.5. The van der Waals surface area contributed by atoms with Gasteiger partial charge in [0.05, 0.1) is 11.6 Å². The van der Waals surface area contributed by atoms with Crippen molar-refractivity contribution in [3.8, 4) is 10.6 Å². The lowest BCUT2D eigenvalue weighted by Crippen LogP contribution is -2.41. The van der Waals surface area contributed by atoms with Gasteiger partial charge >= 0.3 is 6.18 Å². The van der Waals surface area contributed by atoms with E-state index in [1.54, 1.807) is 6.92 Å². The minimum absolute atomic E-state index is 0.0462. The van der Waals surface area contributed by atoms with Crippen molar-refractivity contribution in [1.29, 1.82) is 0 Å². The highest BCUT2D eigenvalue weighted by Gasteiger charge is 2.46. The van der Waals surface area contributed by atoms with E-state index in [-0.39, 0.29) is 18.7 Å². The van der Waals surface area contributed by atoms with E-state index >= 15 is 0 Å². The van der Waals surface area contributed by atoms with Gasteiger partial charge in [0, 0.05) is 12.1 Å². The molecule has 26 heavy (non-hydrogen) atoms. The molecule has 5 nitrogen and oxygen atoms in total. The summed E-state index contributed by atoms with van der Waals surface area (Å²) in [6.07, 6.45) is -4.09. The van der Waals surface area contributed by atoms with E-state index < -0.39 is 29.9 Å². The number of amides is 1. The fourth-order valence-electron chi connectivity index (χ4n) is 2.92. The molecule has 3 rings (SSSR count). The molecule has 10 heteroatoms. The third-order valence-corrected chi connectivity index (χ3v) is 5.53. The van der Waals surface area contributed by atoms with Gasteiger partial charge in [0.15, 0.2) is 0 Å². The minimum atomic E-state index is -4.40. The second-order valence-corrected chi connectivity index (χ2v) is 7.14. The zero-order valence-corrected chi connectivity index (χ0v) is 14.6. The summed E-state index contributed by atoms with van der Waals surface area (Å²) in [6, 6.07) is 2.30. The van der Waals surface area contributed by atoms with Crippen molar-refractivity contribution in [3.63, 3.8) is 0 Å². The largest absolute Gasteiger partial charge is 0.408 e. The van der Waals surface area contributed by atoms with Crippen LogP contribution in [0.5, 0.6) is 0 Å². The fourth-order valence-corrected chi connectivity index (χ4v) is 3.82. The molecule has 2 unspecified atom stereocenters. The van der Waals surface area contributed by atoms with Crippen LogP contribution < -0.4 is 10.6 Å². The van der Waals surface area contributed by atoms with Crippen LogP contribution in [0, 0.1) is 5.82 Å². The second-order valence-electron chi connectivity index (χ2n) is 6.13. The van der Waals surface area contributed by atoms with Crippen LogP contribution in [-0.2, 0) is 4.79 Å². The number of carbonyl (C=O) groups is 1. The number of hydrogen-bond acceptors (Lipinski definition) is 5. The van der Waals surface area contributed by atoms with E-state index in [2.05, 4.69) is 10.2 Å². The molecule has 2 atom stereocenters. The number of halogens is 4. The summed E-state index contributed by atoms with van der Waals surface area (Å²) in [7, 11) is 0. The highest BCUT2D eigenvalue weighted by atomic mass is 32.1. The van der Waals surface area contributed by atoms with Crippen molar-refractivity contribution in [2.75, 3.05) is 11.4 Å². The Kier molecular flexibility index (Phi) is 4.87. The minimum Gasteiger partial charge on any atom is -0.369 e. The predicted octanol–water partition coefficient (Wildman–Crippen LogP) is 3.46. The van der Waals surface area contributed by atoms with Gasteiger partial charge in [0.25, 0.3) is 0 Å². The smallest absolute Gasteiger partial charge is 0.369 e. The Hall–Kier alpha value is -2.23. The van der Waals surface area contributed by atoms with Gasteiger partial charge in [-0.25, -0.2) is 4.39 Å². The molecule has 1 aromatic heterocycles. The molecule has 0 bridgehead atoms. The first kappa shape index (κ1) is 18.6. The molecule has 1 amide bonds. The van der Waals surface area contributed by atoms with Crippen LogP contribution >= 0.6 is 11.3 Å². The van der Waals surface area contributed by atoms with Gasteiger partial charge in [-0.05, 0) is 38.0 Å². The van der Waals surface area contributed by atoms with Crippen molar-refractivity contribution in [2.45, 2.75) is 37.9 Å². The molecular weight excluding hydrogens is 372 g/mol. The lowest BCUT2D eigenvalue weighted by molar-refractivity contribution is -0.146. The number of rotatable bonds is 4. The van der Waals surface area contributed by atoms with Gasteiger partial charge < -0.3 is 10.6 Å². The Morgan fingerprint density at radius 1 is 1.38 bits per heavy atom. The molecule has 1 aliphatic rings. The van der Waals surface area contributed by atoms with Crippen molar-refractivity contribution < 1.29 is 22.4 Å². The molecule has 140 valence electrons. The van der Waals surface area contributed by atoms with Crippen LogP contribution in [0.15, 0.2) is 18.2 Å². The van der Waals surface area contributed by atoms with Crippen LogP contribution in [0.1, 0.15) is 30.7 Å². The number of hydrogen-bond donors (Lipinski definition) is 1. The molecule has 2 heterocycles. The van der Waals surface area contributed by atoms with E-state index in [4.69, 9.17) is 5.73 Å². The third-order valence-electron chi connectivity index (χ3n) is 4.37. The average Bonchev–Trinajstić information content (AvgIpc) is 3.23. The Morgan fingerprint density at radius 3 is 2.73 bits per heavy atom. The number of alkyl halides is 3. The standard InChI is InChI=1S/C16H16F4N4OS/c1-8(13(21)25)14-22-23-15(26-14)9-4-5-11(10(17)7-9)24-6-2-3-12(24)16(18,19)20/h4-5,7-8,12H,2-3,6H2,1H3,(H2,21,25). The monoisotopic (exact) mass is 388 g/mol. The summed E-state index contributed by atoms with van der Waals surface area (Å²) in [5, 5.41) is 8.55. The average molecular weight is 388 g/mol. The number of anilines is 1. The van der Waals surface area contributed by atoms with E-state index in [0.29, 0.717) is 22.0 Å². The Balaban J connectivity index is 1.88. The van der Waals surface area contributed by atoms with Crippen molar-refractivity contribution in [2.24, 2.45) is 5.73 Å². The first-order valence-corrected chi connectivity index (χ1v) is 8.76. The second kappa shape index (κ2) is 6.82. The Morgan fingerprint density at radius 2 is 2.12 bits per heavy atom. The summed E-state index contributed by atoms with van der Waals surface area (Å²) < 4.78 is 53.8. The lowest BCUT2D eigenvalue weighted by Gasteiger charge is -2.28. The Labute approximate surface area is 150 Å². The first-order valence-electron chi connectivity index (χ1n) is 7.94. The maximum atomic E-state index is 14.5. The molecule has 0 radical (unpaired) electrons. The van der Waals surface area contributed by atoms with Gasteiger partial charge in [0.2, 0.25) is 5.91 Å². The number of aromatic nitrogens is 2. The summed E-state index contributed by atoms with van der Waals surface area (Å²) in [4.78, 5) is 12.3. The summed E-state index contributed by atoms with van der Waals surface area (Å²) in [5.74, 6) is -1.93. The van der Waals surface area contributed by atoms with Crippen molar-refractivity contribution in [3.05, 3.63) is 29.0 Å². The molecule has 1 fully saturated rings. The molecule has 1 aliphatic heterocycles. The normalized spacial score (nSPS) is 19.0. The number of primary amides is 1. The molecule has 2 N–H and O–H groups in total. The fraction of sp³-hybridized carbons (Fsp3) is 0.438. The number of carbonyl (C=O) groups excluding carboxylic acids is 1. The number of nitrogens with two attached hydrogens (primary N) is 1. The quantitative estimate of drug-likeness (QED) is 0.815. The van der Waals surface area contributed by atoms with Crippen LogP contribution in [0.25, 0.3) is 10.6 Å². The third kappa shape index (κ3) is 3.50. The van der Waals surface area contributed by atoms with Gasteiger partial charge in [-0.1, -0.05) is 11.3 Å². The van der Waals surface area contributed by atoms with Crippen molar-refractivity contribution in [1.82, 2.24) is 10.2 Å². The molecule has 0 saturated carbocycles. The van der Waals surface area contributed by atoms with Gasteiger partial charge in [-0.15, -0.1) is 10.2 Å². The zero-order chi connectivity index (χ0) is 19.1. The van der Waals surface area contributed by atoms with Gasteiger partial charge in [0.1, 0.15) is 21.9 Å². The zero-order valence-electron chi connectivity index (χ0n) is 13.8. The number of benzene rings is 1. The van der Waals surface area contributed by atoms with Crippen LogP contribution in [-0.4, -0.2) is 34.9 Å².